The molecule has 1 atom stereocenters. The van der Waals surface area contributed by atoms with Crippen LogP contribution in [0.5, 0.6) is 0 Å². The lowest BCUT2D eigenvalue weighted by atomic mass is 10.1. The fraction of sp³-hybridized carbons (Fsp3) is 0.562. The van der Waals surface area contributed by atoms with Crippen molar-refractivity contribution in [1.82, 2.24) is 0 Å². The van der Waals surface area contributed by atoms with E-state index >= 15 is 0 Å². The van der Waals surface area contributed by atoms with Crippen LogP contribution < -0.4 is 5.32 Å². The van der Waals surface area contributed by atoms with Gasteiger partial charge in [0.25, 0.3) is 0 Å². The van der Waals surface area contributed by atoms with Gasteiger partial charge in [-0.3, -0.25) is 4.79 Å². The summed E-state index contributed by atoms with van der Waals surface area (Å²) in [6.45, 7) is 2.22. The van der Waals surface area contributed by atoms with Crippen LogP contribution >= 0.6 is 15.9 Å². The molecular formula is C16H24BrNO. The first kappa shape index (κ1) is 16.2. The second-order valence-corrected chi connectivity index (χ2v) is 6.21. The molecule has 0 aromatic heterocycles. The van der Waals surface area contributed by atoms with Gasteiger partial charge in [0.2, 0.25) is 5.91 Å². The number of unbranched alkanes of at least 4 members (excludes halogenated alkanes) is 4. The number of nitrogens with one attached hydrogen (secondary N) is 1. The predicted molar refractivity (Wildman–Crippen MR) is 85.8 cm³/mol. The molecule has 2 nitrogen and oxygen atoms in total. The molecule has 0 fully saturated rings. The van der Waals surface area contributed by atoms with E-state index in [1.54, 1.807) is 0 Å². The van der Waals surface area contributed by atoms with Gasteiger partial charge in [-0.25, -0.2) is 0 Å². The van der Waals surface area contributed by atoms with Crippen molar-refractivity contribution in [3.63, 3.8) is 0 Å². The van der Waals surface area contributed by atoms with E-state index in [1.165, 1.54) is 32.1 Å². The molecule has 0 radical (unpaired) electrons. The molecule has 1 amide bonds. The van der Waals surface area contributed by atoms with Gasteiger partial charge in [-0.05, 0) is 18.6 Å². The lowest BCUT2D eigenvalue weighted by Crippen LogP contribution is -2.16. The first-order valence-electron chi connectivity index (χ1n) is 7.21. The highest BCUT2D eigenvalue weighted by Gasteiger charge is 2.10. The SMILES string of the molecule is CCCCCCCC(Br)CC(=O)Nc1ccccc1. The molecule has 1 rings (SSSR count). The molecule has 1 aromatic carbocycles. The zero-order valence-corrected chi connectivity index (χ0v) is 13.3. The van der Waals surface area contributed by atoms with Crippen molar-refractivity contribution >= 4 is 27.5 Å². The van der Waals surface area contributed by atoms with Gasteiger partial charge in [-0.15, -0.1) is 0 Å². The quantitative estimate of drug-likeness (QED) is 0.494. The summed E-state index contributed by atoms with van der Waals surface area (Å²) in [5, 5.41) is 2.91. The fourth-order valence-corrected chi connectivity index (χ4v) is 2.62. The standard InChI is InChI=1S/C16H24BrNO/c1-2-3-4-5-7-10-14(17)13-16(19)18-15-11-8-6-9-12-15/h6,8-9,11-12,14H,2-5,7,10,13H2,1H3,(H,18,19). The van der Waals surface area contributed by atoms with Crippen LogP contribution in [0.3, 0.4) is 0 Å². The third kappa shape index (κ3) is 8.04. The van der Waals surface area contributed by atoms with E-state index in [-0.39, 0.29) is 10.7 Å². The van der Waals surface area contributed by atoms with Gasteiger partial charge in [0.1, 0.15) is 0 Å². The fourth-order valence-electron chi connectivity index (χ4n) is 2.01. The number of benzene rings is 1. The minimum absolute atomic E-state index is 0.0848. The first-order valence-corrected chi connectivity index (χ1v) is 8.13. The number of halogens is 1. The van der Waals surface area contributed by atoms with Crippen LogP contribution in [0.15, 0.2) is 30.3 Å². The normalized spacial score (nSPS) is 12.1. The number of carbonyl (C=O) groups excluding carboxylic acids is 1. The van der Waals surface area contributed by atoms with Gasteiger partial charge in [-0.1, -0.05) is 73.2 Å². The van der Waals surface area contributed by atoms with Crippen molar-refractivity contribution < 1.29 is 4.79 Å². The number of anilines is 1. The largest absolute Gasteiger partial charge is 0.326 e. The Bertz CT molecular complexity index is 353. The third-order valence-corrected chi connectivity index (χ3v) is 3.87. The molecule has 0 spiro atoms. The summed E-state index contributed by atoms with van der Waals surface area (Å²) in [7, 11) is 0. The smallest absolute Gasteiger partial charge is 0.225 e. The summed E-state index contributed by atoms with van der Waals surface area (Å²) < 4.78 is 0. The maximum atomic E-state index is 11.8. The molecule has 19 heavy (non-hydrogen) atoms. The summed E-state index contributed by atoms with van der Waals surface area (Å²) in [6, 6.07) is 9.61. The third-order valence-electron chi connectivity index (χ3n) is 3.09. The molecule has 0 saturated carbocycles. The molecule has 1 N–H and O–H groups in total. The molecule has 0 aliphatic carbocycles. The predicted octanol–water partition coefficient (Wildman–Crippen LogP) is 5.14. The lowest BCUT2D eigenvalue weighted by Gasteiger charge is -2.10. The molecular weight excluding hydrogens is 302 g/mol. The Balaban J connectivity index is 2.14. The molecule has 0 bridgehead atoms. The average Bonchev–Trinajstić information content (AvgIpc) is 2.39. The molecule has 1 unspecified atom stereocenters. The van der Waals surface area contributed by atoms with Crippen LogP contribution in [-0.2, 0) is 4.79 Å². The number of alkyl halides is 1. The monoisotopic (exact) mass is 325 g/mol. The number of para-hydroxylation sites is 1. The van der Waals surface area contributed by atoms with Gasteiger partial charge in [0.15, 0.2) is 0 Å². The summed E-state index contributed by atoms with van der Waals surface area (Å²) in [4.78, 5) is 12.1. The number of amides is 1. The molecule has 106 valence electrons. The summed E-state index contributed by atoms with van der Waals surface area (Å²) in [5.41, 5.74) is 0.871. The number of rotatable bonds is 9. The van der Waals surface area contributed by atoms with Gasteiger partial charge in [0.05, 0.1) is 0 Å². The zero-order chi connectivity index (χ0) is 13.9. The van der Waals surface area contributed by atoms with Crippen LogP contribution in [0.4, 0.5) is 5.69 Å². The minimum Gasteiger partial charge on any atom is -0.326 e. The van der Waals surface area contributed by atoms with E-state index in [0.29, 0.717) is 6.42 Å². The summed E-state index contributed by atoms with van der Waals surface area (Å²) in [5.74, 6) is 0.0848. The highest BCUT2D eigenvalue weighted by atomic mass is 79.9. The molecule has 0 heterocycles. The minimum atomic E-state index is 0.0848. The molecule has 0 saturated heterocycles. The molecule has 0 aliphatic heterocycles. The van der Waals surface area contributed by atoms with Crippen molar-refractivity contribution in [1.29, 1.82) is 0 Å². The van der Waals surface area contributed by atoms with Crippen molar-refractivity contribution in [2.75, 3.05) is 5.32 Å². The Morgan fingerprint density at radius 3 is 2.53 bits per heavy atom. The molecule has 0 aliphatic rings. The van der Waals surface area contributed by atoms with Gasteiger partial charge in [-0.2, -0.15) is 0 Å². The zero-order valence-electron chi connectivity index (χ0n) is 11.7. The van der Waals surface area contributed by atoms with E-state index in [1.807, 2.05) is 30.3 Å². The van der Waals surface area contributed by atoms with Crippen molar-refractivity contribution in [3.8, 4) is 0 Å². The van der Waals surface area contributed by atoms with Crippen LogP contribution in [0.25, 0.3) is 0 Å². The van der Waals surface area contributed by atoms with E-state index in [4.69, 9.17) is 0 Å². The Hall–Kier alpha value is -0.830. The van der Waals surface area contributed by atoms with Crippen molar-refractivity contribution in [2.24, 2.45) is 0 Å². The lowest BCUT2D eigenvalue weighted by molar-refractivity contribution is -0.116. The van der Waals surface area contributed by atoms with Gasteiger partial charge >= 0.3 is 0 Å². The second-order valence-electron chi connectivity index (χ2n) is 4.92. The Morgan fingerprint density at radius 1 is 1.16 bits per heavy atom. The van der Waals surface area contributed by atoms with E-state index < -0.39 is 0 Å². The summed E-state index contributed by atoms with van der Waals surface area (Å²) in [6.07, 6.45) is 8.00. The Kier molecular flexibility index (Phi) is 8.55. The van der Waals surface area contributed by atoms with E-state index in [0.717, 1.165) is 12.1 Å². The first-order chi connectivity index (χ1) is 9.22. The van der Waals surface area contributed by atoms with Crippen LogP contribution in [0.1, 0.15) is 51.9 Å². The topological polar surface area (TPSA) is 29.1 Å². The maximum absolute atomic E-state index is 11.8. The van der Waals surface area contributed by atoms with E-state index in [9.17, 15) is 4.79 Å². The Labute approximate surface area is 125 Å². The van der Waals surface area contributed by atoms with Crippen LogP contribution in [-0.4, -0.2) is 10.7 Å². The molecule has 1 aromatic rings. The molecule has 3 heteroatoms. The highest BCUT2D eigenvalue weighted by Crippen LogP contribution is 2.16. The van der Waals surface area contributed by atoms with Crippen LogP contribution in [0.2, 0.25) is 0 Å². The van der Waals surface area contributed by atoms with E-state index in [2.05, 4.69) is 28.2 Å². The second kappa shape index (κ2) is 10.0. The van der Waals surface area contributed by atoms with Gasteiger partial charge in [0, 0.05) is 16.9 Å². The maximum Gasteiger partial charge on any atom is 0.225 e. The average molecular weight is 326 g/mol. The Morgan fingerprint density at radius 2 is 1.84 bits per heavy atom. The van der Waals surface area contributed by atoms with Crippen LogP contribution in [0, 0.1) is 0 Å². The highest BCUT2D eigenvalue weighted by molar-refractivity contribution is 9.09. The number of hydrogen-bond acceptors (Lipinski definition) is 1. The number of carbonyl (C=O) groups is 1. The van der Waals surface area contributed by atoms with Gasteiger partial charge < -0.3 is 5.32 Å². The van der Waals surface area contributed by atoms with Crippen molar-refractivity contribution in [2.45, 2.75) is 56.7 Å². The number of hydrogen-bond donors (Lipinski definition) is 1. The van der Waals surface area contributed by atoms with Crippen molar-refractivity contribution in [3.05, 3.63) is 30.3 Å². The summed E-state index contributed by atoms with van der Waals surface area (Å²) >= 11 is 3.60.